The molecule has 0 aliphatic rings. The smallest absolute Gasteiger partial charge is 0.255 e. The number of primary amides is 1. The molecule has 0 aliphatic carbocycles. The molecule has 0 fully saturated rings. The van der Waals surface area contributed by atoms with E-state index in [1.807, 2.05) is 37.3 Å². The monoisotopic (exact) mass is 433 g/mol. The summed E-state index contributed by atoms with van der Waals surface area (Å²) in [5.74, 6) is -1.06. The van der Waals surface area contributed by atoms with E-state index in [1.54, 1.807) is 49.4 Å². The number of hydrogen-bond donors (Lipinski definition) is 3. The molecule has 4 N–H and O–H groups in total. The van der Waals surface area contributed by atoms with Crippen LogP contribution in [0.1, 0.15) is 33.2 Å². The minimum absolute atomic E-state index is 0.198. The molecule has 0 aliphatic heterocycles. The van der Waals surface area contributed by atoms with Crippen LogP contribution in [0.25, 0.3) is 0 Å². The van der Waals surface area contributed by atoms with Crippen LogP contribution in [0.15, 0.2) is 77.7 Å². The fourth-order valence-electron chi connectivity index (χ4n) is 2.85. The average molecular weight is 434 g/mol. The predicted octanol–water partition coefficient (Wildman–Crippen LogP) is 4.47. The van der Waals surface area contributed by atoms with E-state index in [0.29, 0.717) is 16.9 Å². The lowest BCUT2D eigenvalue weighted by atomic mass is 10.1. The van der Waals surface area contributed by atoms with Gasteiger partial charge in [0.05, 0.1) is 16.5 Å². The Labute approximate surface area is 185 Å². The summed E-state index contributed by atoms with van der Waals surface area (Å²) in [4.78, 5) is 37.4. The van der Waals surface area contributed by atoms with Gasteiger partial charge in [-0.3, -0.25) is 14.4 Å². The van der Waals surface area contributed by atoms with Gasteiger partial charge in [-0.15, -0.1) is 11.8 Å². The molecule has 1 unspecified atom stereocenters. The first kappa shape index (κ1) is 22.1. The summed E-state index contributed by atoms with van der Waals surface area (Å²) < 4.78 is 0. The van der Waals surface area contributed by atoms with E-state index in [2.05, 4.69) is 10.6 Å². The number of amides is 3. The maximum atomic E-state index is 12.6. The Balaban J connectivity index is 1.65. The molecule has 0 spiro atoms. The predicted molar refractivity (Wildman–Crippen MR) is 124 cm³/mol. The van der Waals surface area contributed by atoms with Crippen LogP contribution in [0.3, 0.4) is 0 Å². The summed E-state index contributed by atoms with van der Waals surface area (Å²) in [5.41, 5.74) is 8.30. The lowest BCUT2D eigenvalue weighted by molar-refractivity contribution is -0.115. The van der Waals surface area contributed by atoms with Crippen LogP contribution in [0.4, 0.5) is 11.4 Å². The number of para-hydroxylation sites is 1. The highest BCUT2D eigenvalue weighted by Gasteiger charge is 2.17. The number of carbonyl (C=O) groups is 3. The summed E-state index contributed by atoms with van der Waals surface area (Å²) in [5, 5.41) is 5.19. The highest BCUT2D eigenvalue weighted by molar-refractivity contribution is 8.00. The van der Waals surface area contributed by atoms with Gasteiger partial charge in [-0.2, -0.15) is 0 Å². The summed E-state index contributed by atoms with van der Waals surface area (Å²) in [7, 11) is 0. The number of aryl methyl sites for hydroxylation is 1. The number of benzene rings is 3. The summed E-state index contributed by atoms with van der Waals surface area (Å²) in [6, 6.07) is 21.2. The van der Waals surface area contributed by atoms with Crippen molar-refractivity contribution in [2.75, 3.05) is 10.6 Å². The van der Waals surface area contributed by atoms with Crippen molar-refractivity contribution in [2.24, 2.45) is 5.73 Å². The number of hydrogen-bond acceptors (Lipinski definition) is 4. The Kier molecular flexibility index (Phi) is 7.10. The zero-order chi connectivity index (χ0) is 22.4. The molecule has 3 aromatic rings. The summed E-state index contributed by atoms with van der Waals surface area (Å²) >= 11 is 1.34. The zero-order valence-corrected chi connectivity index (χ0v) is 18.0. The van der Waals surface area contributed by atoms with Gasteiger partial charge in [0, 0.05) is 16.1 Å². The van der Waals surface area contributed by atoms with Crippen LogP contribution in [0.5, 0.6) is 0 Å². The SMILES string of the molecule is Cc1ccc(C(=O)Nc2cccc(SC(C)C(=O)Nc3ccccc3C(N)=O)c2)cc1. The molecule has 3 aromatic carbocycles. The number of carbonyl (C=O) groups excluding carboxylic acids is 3. The minimum atomic E-state index is -0.603. The van der Waals surface area contributed by atoms with Gasteiger partial charge in [-0.25, -0.2) is 0 Å². The quantitative estimate of drug-likeness (QED) is 0.479. The number of nitrogens with one attached hydrogen (secondary N) is 2. The van der Waals surface area contributed by atoms with Crippen LogP contribution in [0, 0.1) is 6.92 Å². The Hall–Kier alpha value is -3.58. The highest BCUT2D eigenvalue weighted by Crippen LogP contribution is 2.27. The van der Waals surface area contributed by atoms with Gasteiger partial charge in [-0.05, 0) is 56.3 Å². The van der Waals surface area contributed by atoms with E-state index in [1.165, 1.54) is 11.8 Å². The molecule has 3 rings (SSSR count). The van der Waals surface area contributed by atoms with Crippen molar-refractivity contribution in [3.63, 3.8) is 0 Å². The zero-order valence-electron chi connectivity index (χ0n) is 17.2. The van der Waals surface area contributed by atoms with E-state index < -0.39 is 11.2 Å². The van der Waals surface area contributed by atoms with Crippen LogP contribution in [-0.2, 0) is 4.79 Å². The number of rotatable bonds is 7. The number of thioether (sulfide) groups is 1. The molecular weight excluding hydrogens is 410 g/mol. The van der Waals surface area contributed by atoms with E-state index in [4.69, 9.17) is 5.73 Å². The molecule has 0 saturated carbocycles. The van der Waals surface area contributed by atoms with E-state index in [-0.39, 0.29) is 17.4 Å². The lowest BCUT2D eigenvalue weighted by Crippen LogP contribution is -2.24. The fourth-order valence-corrected chi connectivity index (χ4v) is 3.78. The third-order valence-electron chi connectivity index (χ3n) is 4.54. The molecule has 6 nitrogen and oxygen atoms in total. The number of nitrogens with two attached hydrogens (primary N) is 1. The second kappa shape index (κ2) is 9.95. The molecule has 0 saturated heterocycles. The third kappa shape index (κ3) is 5.96. The molecule has 31 heavy (non-hydrogen) atoms. The lowest BCUT2D eigenvalue weighted by Gasteiger charge is -2.14. The van der Waals surface area contributed by atoms with Crippen LogP contribution in [0.2, 0.25) is 0 Å². The Bertz CT molecular complexity index is 1110. The molecular formula is C24H23N3O3S. The molecule has 0 radical (unpaired) electrons. The van der Waals surface area contributed by atoms with Crippen molar-refractivity contribution >= 4 is 40.9 Å². The topological polar surface area (TPSA) is 101 Å². The van der Waals surface area contributed by atoms with E-state index in [0.717, 1.165) is 10.5 Å². The Morgan fingerprint density at radius 2 is 1.61 bits per heavy atom. The molecule has 1 atom stereocenters. The first-order valence-electron chi connectivity index (χ1n) is 9.68. The van der Waals surface area contributed by atoms with E-state index >= 15 is 0 Å². The summed E-state index contributed by atoms with van der Waals surface area (Å²) in [6.45, 7) is 3.73. The Morgan fingerprint density at radius 1 is 0.903 bits per heavy atom. The normalized spacial score (nSPS) is 11.4. The first-order valence-corrected chi connectivity index (χ1v) is 10.6. The van der Waals surface area contributed by atoms with Crippen molar-refractivity contribution in [1.29, 1.82) is 0 Å². The van der Waals surface area contributed by atoms with Crippen LogP contribution in [-0.4, -0.2) is 23.0 Å². The Morgan fingerprint density at radius 3 is 2.32 bits per heavy atom. The maximum Gasteiger partial charge on any atom is 0.255 e. The largest absolute Gasteiger partial charge is 0.366 e. The first-order chi connectivity index (χ1) is 14.8. The van der Waals surface area contributed by atoms with Gasteiger partial charge in [0.25, 0.3) is 11.8 Å². The molecule has 158 valence electrons. The summed E-state index contributed by atoms with van der Waals surface area (Å²) in [6.07, 6.45) is 0. The standard InChI is InChI=1S/C24H23N3O3S/c1-15-10-12-17(13-11-15)24(30)26-18-6-5-7-19(14-18)31-16(2)23(29)27-21-9-4-3-8-20(21)22(25)28/h3-14,16H,1-2H3,(H2,25,28)(H,26,30)(H,27,29). The van der Waals surface area contributed by atoms with Crippen LogP contribution < -0.4 is 16.4 Å². The van der Waals surface area contributed by atoms with Gasteiger partial charge in [0.1, 0.15) is 0 Å². The molecule has 0 aromatic heterocycles. The second-order valence-corrected chi connectivity index (χ2v) is 8.42. The number of anilines is 2. The molecule has 7 heteroatoms. The van der Waals surface area contributed by atoms with Gasteiger partial charge < -0.3 is 16.4 Å². The average Bonchev–Trinajstić information content (AvgIpc) is 2.74. The van der Waals surface area contributed by atoms with Crippen molar-refractivity contribution < 1.29 is 14.4 Å². The van der Waals surface area contributed by atoms with Gasteiger partial charge in [0.2, 0.25) is 5.91 Å². The molecule has 3 amide bonds. The van der Waals surface area contributed by atoms with Gasteiger partial charge in [-0.1, -0.05) is 35.9 Å². The van der Waals surface area contributed by atoms with Gasteiger partial charge >= 0.3 is 0 Å². The third-order valence-corrected chi connectivity index (χ3v) is 5.63. The van der Waals surface area contributed by atoms with Crippen molar-refractivity contribution in [3.8, 4) is 0 Å². The van der Waals surface area contributed by atoms with Crippen LogP contribution >= 0.6 is 11.8 Å². The fraction of sp³-hybridized carbons (Fsp3) is 0.125. The second-order valence-electron chi connectivity index (χ2n) is 7.01. The van der Waals surface area contributed by atoms with E-state index in [9.17, 15) is 14.4 Å². The molecule has 0 heterocycles. The van der Waals surface area contributed by atoms with Crippen molar-refractivity contribution in [1.82, 2.24) is 0 Å². The van der Waals surface area contributed by atoms with Gasteiger partial charge in [0.15, 0.2) is 0 Å². The maximum absolute atomic E-state index is 12.6. The van der Waals surface area contributed by atoms with Crippen molar-refractivity contribution in [2.45, 2.75) is 24.0 Å². The minimum Gasteiger partial charge on any atom is -0.366 e. The highest BCUT2D eigenvalue weighted by atomic mass is 32.2. The van der Waals surface area contributed by atoms with Crippen molar-refractivity contribution in [3.05, 3.63) is 89.5 Å². The molecule has 0 bridgehead atoms.